The lowest BCUT2D eigenvalue weighted by molar-refractivity contribution is 0.0589. The van der Waals surface area contributed by atoms with E-state index in [0.29, 0.717) is 24.6 Å². The van der Waals surface area contributed by atoms with E-state index in [1.54, 1.807) is 0 Å². The highest BCUT2D eigenvalue weighted by Crippen LogP contribution is 2.39. The zero-order valence-corrected chi connectivity index (χ0v) is 11.7. The van der Waals surface area contributed by atoms with Gasteiger partial charge < -0.3 is 10.5 Å². The lowest BCUT2D eigenvalue weighted by atomic mass is 9.91. The van der Waals surface area contributed by atoms with Crippen LogP contribution in [0.25, 0.3) is 0 Å². The van der Waals surface area contributed by atoms with Crippen molar-refractivity contribution < 1.29 is 9.53 Å². The minimum atomic E-state index is -0.649. The van der Waals surface area contributed by atoms with Crippen LogP contribution in [-0.2, 0) is 11.3 Å². The Morgan fingerprint density at radius 2 is 1.85 bits per heavy atom. The van der Waals surface area contributed by atoms with Gasteiger partial charge in [0.25, 0.3) is 0 Å². The van der Waals surface area contributed by atoms with Crippen LogP contribution in [0.2, 0.25) is 0 Å². The van der Waals surface area contributed by atoms with E-state index < -0.39 is 6.09 Å². The van der Waals surface area contributed by atoms with Gasteiger partial charge in [-0.2, -0.15) is 0 Å². The second kappa shape index (κ2) is 5.83. The molecule has 2 saturated heterocycles. The molecule has 2 aliphatic heterocycles. The molecule has 3 rings (SSSR count). The number of hydrogen-bond donors (Lipinski definition) is 1. The van der Waals surface area contributed by atoms with Gasteiger partial charge >= 0.3 is 6.09 Å². The molecule has 0 aromatic heterocycles. The van der Waals surface area contributed by atoms with Crippen LogP contribution in [0.1, 0.15) is 31.2 Å². The second-order valence-corrected chi connectivity index (χ2v) is 6.01. The monoisotopic (exact) mass is 274 g/mol. The molecular formula is C16H22N2O2. The molecule has 2 aliphatic rings. The molecule has 2 fully saturated rings. The quantitative estimate of drug-likeness (QED) is 0.918. The Balaban J connectivity index is 1.59. The summed E-state index contributed by atoms with van der Waals surface area (Å²) in [5.41, 5.74) is 6.44. The molecular weight excluding hydrogens is 252 g/mol. The minimum Gasteiger partial charge on any atom is -0.449 e. The fourth-order valence-corrected chi connectivity index (χ4v) is 3.78. The molecule has 2 heterocycles. The highest BCUT2D eigenvalue weighted by atomic mass is 16.5. The van der Waals surface area contributed by atoms with Gasteiger partial charge in [-0.1, -0.05) is 30.3 Å². The number of piperidine rings is 1. The SMILES string of the molecule is NC(=O)OCC1CC2CCC(C1)N2Cc1ccccc1. The number of ether oxygens (including phenoxy) is 1. The van der Waals surface area contributed by atoms with E-state index in [2.05, 4.69) is 35.2 Å². The summed E-state index contributed by atoms with van der Waals surface area (Å²) in [6, 6.07) is 11.9. The van der Waals surface area contributed by atoms with Crippen molar-refractivity contribution in [1.82, 2.24) is 4.90 Å². The zero-order chi connectivity index (χ0) is 13.9. The molecule has 0 spiro atoms. The molecule has 1 aromatic carbocycles. The van der Waals surface area contributed by atoms with Crippen LogP contribution < -0.4 is 5.73 Å². The Labute approximate surface area is 119 Å². The first-order chi connectivity index (χ1) is 9.72. The van der Waals surface area contributed by atoms with E-state index in [0.717, 1.165) is 19.4 Å². The van der Waals surface area contributed by atoms with Gasteiger partial charge in [-0.3, -0.25) is 4.90 Å². The normalized spacial score (nSPS) is 29.3. The first-order valence-electron chi connectivity index (χ1n) is 7.44. The molecule has 108 valence electrons. The lowest BCUT2D eigenvalue weighted by Gasteiger charge is -2.38. The van der Waals surface area contributed by atoms with Crippen molar-refractivity contribution in [3.8, 4) is 0 Å². The number of carbonyl (C=O) groups excluding carboxylic acids is 1. The van der Waals surface area contributed by atoms with Crippen molar-refractivity contribution >= 4 is 6.09 Å². The predicted molar refractivity (Wildman–Crippen MR) is 77.1 cm³/mol. The molecule has 1 aromatic rings. The van der Waals surface area contributed by atoms with Gasteiger partial charge in [0.1, 0.15) is 0 Å². The van der Waals surface area contributed by atoms with Crippen LogP contribution in [0.4, 0.5) is 4.79 Å². The smallest absolute Gasteiger partial charge is 0.404 e. The Hall–Kier alpha value is -1.55. The van der Waals surface area contributed by atoms with Crippen molar-refractivity contribution in [2.45, 2.75) is 44.3 Å². The summed E-state index contributed by atoms with van der Waals surface area (Å²) >= 11 is 0. The third-order valence-electron chi connectivity index (χ3n) is 4.65. The summed E-state index contributed by atoms with van der Waals surface area (Å²) in [7, 11) is 0. The summed E-state index contributed by atoms with van der Waals surface area (Å²) in [5.74, 6) is 0.479. The van der Waals surface area contributed by atoms with Gasteiger partial charge in [0, 0.05) is 18.6 Å². The van der Waals surface area contributed by atoms with Crippen LogP contribution in [-0.4, -0.2) is 29.7 Å². The van der Waals surface area contributed by atoms with Crippen molar-refractivity contribution in [1.29, 1.82) is 0 Å². The number of carbonyl (C=O) groups is 1. The number of nitrogens with zero attached hydrogens (tertiary/aromatic N) is 1. The van der Waals surface area contributed by atoms with Crippen LogP contribution in [0.3, 0.4) is 0 Å². The molecule has 2 atom stereocenters. The summed E-state index contributed by atoms with van der Waals surface area (Å²) in [6.45, 7) is 1.53. The topological polar surface area (TPSA) is 55.6 Å². The summed E-state index contributed by atoms with van der Waals surface area (Å²) in [5, 5.41) is 0. The molecule has 2 bridgehead atoms. The largest absolute Gasteiger partial charge is 0.449 e. The third-order valence-corrected chi connectivity index (χ3v) is 4.65. The molecule has 4 heteroatoms. The van der Waals surface area contributed by atoms with Gasteiger partial charge in [0.15, 0.2) is 0 Å². The van der Waals surface area contributed by atoms with Crippen molar-refractivity contribution in [2.75, 3.05) is 6.61 Å². The van der Waals surface area contributed by atoms with Crippen molar-refractivity contribution in [2.24, 2.45) is 11.7 Å². The number of fused-ring (bicyclic) bond motifs is 2. The summed E-state index contributed by atoms with van der Waals surface area (Å²) < 4.78 is 4.98. The van der Waals surface area contributed by atoms with Gasteiger partial charge in [-0.25, -0.2) is 4.79 Å². The maximum atomic E-state index is 10.7. The molecule has 2 unspecified atom stereocenters. The zero-order valence-electron chi connectivity index (χ0n) is 11.7. The maximum Gasteiger partial charge on any atom is 0.404 e. The summed E-state index contributed by atoms with van der Waals surface area (Å²) in [6.07, 6.45) is 4.13. The van der Waals surface area contributed by atoms with Crippen molar-refractivity contribution in [3.63, 3.8) is 0 Å². The average molecular weight is 274 g/mol. The van der Waals surface area contributed by atoms with E-state index in [1.165, 1.54) is 18.4 Å². The van der Waals surface area contributed by atoms with E-state index in [-0.39, 0.29) is 0 Å². The van der Waals surface area contributed by atoms with Crippen molar-refractivity contribution in [3.05, 3.63) is 35.9 Å². The first-order valence-corrected chi connectivity index (χ1v) is 7.44. The van der Waals surface area contributed by atoms with E-state index >= 15 is 0 Å². The number of primary amides is 1. The van der Waals surface area contributed by atoms with Gasteiger partial charge in [0.05, 0.1) is 6.61 Å². The highest BCUT2D eigenvalue weighted by molar-refractivity contribution is 5.64. The molecule has 0 saturated carbocycles. The Morgan fingerprint density at radius 1 is 1.20 bits per heavy atom. The Bertz CT molecular complexity index is 449. The fourth-order valence-electron chi connectivity index (χ4n) is 3.78. The lowest BCUT2D eigenvalue weighted by Crippen LogP contribution is -2.43. The standard InChI is InChI=1S/C16H22N2O2/c17-16(19)20-11-13-8-14-6-7-15(9-13)18(14)10-12-4-2-1-3-5-12/h1-5,13-15H,6-11H2,(H2,17,19). The van der Waals surface area contributed by atoms with Crippen LogP contribution in [0, 0.1) is 5.92 Å². The fraction of sp³-hybridized carbons (Fsp3) is 0.562. The van der Waals surface area contributed by atoms with E-state index in [9.17, 15) is 4.79 Å². The van der Waals surface area contributed by atoms with Gasteiger partial charge in [-0.15, -0.1) is 0 Å². The second-order valence-electron chi connectivity index (χ2n) is 6.01. The van der Waals surface area contributed by atoms with Crippen LogP contribution >= 0.6 is 0 Å². The highest BCUT2D eigenvalue weighted by Gasteiger charge is 2.40. The molecule has 2 N–H and O–H groups in total. The van der Waals surface area contributed by atoms with E-state index in [1.807, 2.05) is 0 Å². The Morgan fingerprint density at radius 3 is 2.45 bits per heavy atom. The number of benzene rings is 1. The molecule has 1 amide bonds. The molecule has 4 nitrogen and oxygen atoms in total. The molecule has 0 radical (unpaired) electrons. The average Bonchev–Trinajstić information content (AvgIpc) is 2.69. The van der Waals surface area contributed by atoms with Crippen LogP contribution in [0.5, 0.6) is 0 Å². The first kappa shape index (κ1) is 13.4. The number of rotatable bonds is 4. The predicted octanol–water partition coefficient (Wildman–Crippen LogP) is 2.52. The van der Waals surface area contributed by atoms with E-state index in [4.69, 9.17) is 10.5 Å². The summed E-state index contributed by atoms with van der Waals surface area (Å²) in [4.78, 5) is 13.4. The maximum absolute atomic E-state index is 10.7. The molecule has 0 aliphatic carbocycles. The number of hydrogen-bond acceptors (Lipinski definition) is 3. The molecule has 20 heavy (non-hydrogen) atoms. The van der Waals surface area contributed by atoms with Crippen LogP contribution in [0.15, 0.2) is 30.3 Å². The third kappa shape index (κ3) is 2.96. The van der Waals surface area contributed by atoms with Gasteiger partial charge in [-0.05, 0) is 37.2 Å². The number of nitrogens with two attached hydrogens (primary N) is 1. The minimum absolute atomic E-state index is 0.479. The Kier molecular flexibility index (Phi) is 3.92. The van der Waals surface area contributed by atoms with Gasteiger partial charge in [0.2, 0.25) is 0 Å². The number of amides is 1.